The third-order valence-corrected chi connectivity index (χ3v) is 6.97. The molecular weight excluding hydrogens is 378 g/mol. The molecule has 1 atom stereocenters. The van der Waals surface area contributed by atoms with Crippen molar-refractivity contribution in [3.63, 3.8) is 0 Å². The Balaban J connectivity index is 1.59. The molecule has 0 saturated carbocycles. The summed E-state index contributed by atoms with van der Waals surface area (Å²) < 4.78 is 6.04. The van der Waals surface area contributed by atoms with Crippen LogP contribution in [0, 0.1) is 0 Å². The van der Waals surface area contributed by atoms with Crippen molar-refractivity contribution in [3.05, 3.63) is 46.3 Å². The number of nitrogens with two attached hydrogens (primary N) is 1. The van der Waals surface area contributed by atoms with E-state index in [1.807, 2.05) is 30.3 Å². The number of nitrogen functional groups attached to an aromatic ring is 1. The minimum atomic E-state index is -0.164. The number of rotatable bonds is 5. The molecule has 7 heteroatoms. The number of nitrogens with zero attached hydrogens (tertiary/aromatic N) is 2. The van der Waals surface area contributed by atoms with Gasteiger partial charge in [0.25, 0.3) is 0 Å². The lowest BCUT2D eigenvalue weighted by Gasteiger charge is -2.33. The average Bonchev–Trinajstić information content (AvgIpc) is 3.04. The van der Waals surface area contributed by atoms with E-state index in [9.17, 15) is 4.79 Å². The molecule has 0 amide bonds. The number of anilines is 1. The Morgan fingerprint density at radius 2 is 2.11 bits per heavy atom. The number of benzene rings is 1. The summed E-state index contributed by atoms with van der Waals surface area (Å²) in [6.07, 6.45) is 1.77. The van der Waals surface area contributed by atoms with Crippen LogP contribution < -0.4 is 5.73 Å². The van der Waals surface area contributed by atoms with E-state index in [0.717, 1.165) is 23.1 Å². The summed E-state index contributed by atoms with van der Waals surface area (Å²) in [6, 6.07) is 9.26. The number of ether oxygens (including phenoxy) is 1. The highest BCUT2D eigenvalue weighted by Crippen LogP contribution is 2.41. The predicted molar refractivity (Wildman–Crippen MR) is 111 cm³/mol. The molecule has 0 bridgehead atoms. The maximum absolute atomic E-state index is 12.3. The fourth-order valence-electron chi connectivity index (χ4n) is 3.21. The Morgan fingerprint density at radius 3 is 2.85 bits per heavy atom. The van der Waals surface area contributed by atoms with E-state index in [-0.39, 0.29) is 17.1 Å². The first-order chi connectivity index (χ1) is 13.0. The second-order valence-electron chi connectivity index (χ2n) is 6.92. The number of hydrogen-bond acceptors (Lipinski definition) is 7. The third kappa shape index (κ3) is 3.59. The van der Waals surface area contributed by atoms with Crippen LogP contribution in [0.5, 0.6) is 0 Å². The van der Waals surface area contributed by atoms with Crippen LogP contribution in [0.25, 0.3) is 10.2 Å². The Morgan fingerprint density at radius 1 is 1.33 bits per heavy atom. The highest BCUT2D eigenvalue weighted by Gasteiger charge is 2.33. The predicted octanol–water partition coefficient (Wildman–Crippen LogP) is 4.49. The lowest BCUT2D eigenvalue weighted by Crippen LogP contribution is -2.33. The summed E-state index contributed by atoms with van der Waals surface area (Å²) in [5, 5.41) is 1.50. The summed E-state index contributed by atoms with van der Waals surface area (Å²) in [5.74, 6) is 0.838. The zero-order valence-corrected chi connectivity index (χ0v) is 17.0. The van der Waals surface area contributed by atoms with Crippen LogP contribution in [0.15, 0.2) is 35.5 Å². The van der Waals surface area contributed by atoms with Crippen molar-refractivity contribution in [2.45, 2.75) is 44.1 Å². The van der Waals surface area contributed by atoms with Gasteiger partial charge in [-0.3, -0.25) is 4.79 Å². The molecule has 1 aliphatic heterocycles. The smallest absolute Gasteiger partial charge is 0.191 e. The van der Waals surface area contributed by atoms with Gasteiger partial charge in [0, 0.05) is 16.9 Å². The third-order valence-electron chi connectivity index (χ3n) is 5.02. The first kappa shape index (κ1) is 18.4. The molecular formula is C20H21N3O2S2. The van der Waals surface area contributed by atoms with Crippen LogP contribution in [-0.4, -0.2) is 27.1 Å². The van der Waals surface area contributed by atoms with Gasteiger partial charge in [-0.25, -0.2) is 9.97 Å². The monoisotopic (exact) mass is 399 g/mol. The molecule has 3 heterocycles. The van der Waals surface area contributed by atoms with Crippen LogP contribution in [0.3, 0.4) is 0 Å². The number of hydrogen-bond donors (Lipinski definition) is 1. The van der Waals surface area contributed by atoms with E-state index in [1.54, 1.807) is 11.3 Å². The maximum Gasteiger partial charge on any atom is 0.191 e. The van der Waals surface area contributed by atoms with Crippen molar-refractivity contribution in [3.8, 4) is 0 Å². The van der Waals surface area contributed by atoms with Gasteiger partial charge in [0.15, 0.2) is 10.9 Å². The molecule has 27 heavy (non-hydrogen) atoms. The largest absolute Gasteiger partial charge is 0.383 e. The molecule has 0 aliphatic carbocycles. The van der Waals surface area contributed by atoms with Crippen molar-refractivity contribution < 1.29 is 9.53 Å². The van der Waals surface area contributed by atoms with E-state index in [4.69, 9.17) is 10.5 Å². The van der Waals surface area contributed by atoms with Gasteiger partial charge in [0.05, 0.1) is 23.3 Å². The van der Waals surface area contributed by atoms with E-state index in [0.29, 0.717) is 23.1 Å². The van der Waals surface area contributed by atoms with E-state index in [2.05, 4.69) is 23.8 Å². The zero-order chi connectivity index (χ0) is 19.0. The average molecular weight is 400 g/mol. The van der Waals surface area contributed by atoms with Crippen molar-refractivity contribution >= 4 is 44.9 Å². The molecule has 140 valence electrons. The minimum Gasteiger partial charge on any atom is -0.383 e. The molecule has 0 radical (unpaired) electrons. The number of carbonyl (C=O) groups is 1. The van der Waals surface area contributed by atoms with Gasteiger partial charge < -0.3 is 10.5 Å². The number of ketones is 1. The molecule has 5 nitrogen and oxygen atoms in total. The fraction of sp³-hybridized carbons (Fsp3) is 0.350. The number of carbonyl (C=O) groups excluding carboxylic acids is 1. The molecule has 3 aromatic rings. The highest BCUT2D eigenvalue weighted by molar-refractivity contribution is 7.99. The summed E-state index contributed by atoms with van der Waals surface area (Å²) in [4.78, 5) is 23.5. The minimum absolute atomic E-state index is 0.0560. The second kappa shape index (κ2) is 7.22. The number of thioether (sulfide) groups is 1. The second-order valence-corrected chi connectivity index (χ2v) is 8.95. The molecule has 4 rings (SSSR count). The van der Waals surface area contributed by atoms with Crippen molar-refractivity contribution in [1.82, 2.24) is 9.97 Å². The van der Waals surface area contributed by atoms with Gasteiger partial charge >= 0.3 is 0 Å². The Kier molecular flexibility index (Phi) is 4.92. The first-order valence-corrected chi connectivity index (χ1v) is 10.7. The maximum atomic E-state index is 12.3. The van der Waals surface area contributed by atoms with E-state index >= 15 is 0 Å². The Hall–Kier alpha value is -1.96. The van der Waals surface area contributed by atoms with Gasteiger partial charge in [0.2, 0.25) is 0 Å². The molecule has 0 unspecified atom stereocenters. The molecule has 2 N–H and O–H groups in total. The quantitative estimate of drug-likeness (QED) is 0.387. The summed E-state index contributed by atoms with van der Waals surface area (Å²) in [5.41, 5.74) is 8.04. The Bertz CT molecular complexity index is 1000. The number of Topliss-reactive ketones (excluding diaryl/α,β-unsaturated/α-hetero) is 1. The molecule has 0 fully saturated rings. The molecule has 1 aromatic carbocycles. The zero-order valence-electron chi connectivity index (χ0n) is 15.3. The van der Waals surface area contributed by atoms with Crippen molar-refractivity contribution in [2.24, 2.45) is 0 Å². The number of fused-ring (bicyclic) bond motifs is 3. The highest BCUT2D eigenvalue weighted by atomic mass is 32.2. The lowest BCUT2D eigenvalue weighted by atomic mass is 9.90. The number of aromatic nitrogens is 2. The van der Waals surface area contributed by atoms with Crippen LogP contribution >= 0.6 is 23.1 Å². The normalized spacial score (nSPS) is 19.2. The SMILES string of the molecule is CC[C@]1(C)Cc2c(sc3nc(SCC(=O)c4ccccc4)nc(N)c23)CO1. The number of thiophene rings is 1. The summed E-state index contributed by atoms with van der Waals surface area (Å²) in [7, 11) is 0. The fourth-order valence-corrected chi connectivity index (χ4v) is 5.12. The lowest BCUT2D eigenvalue weighted by molar-refractivity contribution is -0.0542. The van der Waals surface area contributed by atoms with Gasteiger partial charge in [-0.05, 0) is 18.9 Å². The Labute approximate surface area is 166 Å². The van der Waals surface area contributed by atoms with E-state index < -0.39 is 0 Å². The summed E-state index contributed by atoms with van der Waals surface area (Å²) >= 11 is 2.94. The standard InChI is InChI=1S/C20H21N3O2S2/c1-3-20(2)9-13-15(10-25-20)27-18-16(13)17(21)22-19(23-18)26-11-14(24)12-7-5-4-6-8-12/h4-8H,3,9-11H2,1-2H3,(H2,21,22,23)/t20-/m1/s1. The van der Waals surface area contributed by atoms with Gasteiger partial charge in [-0.1, -0.05) is 49.0 Å². The van der Waals surface area contributed by atoms with Crippen molar-refractivity contribution in [2.75, 3.05) is 11.5 Å². The van der Waals surface area contributed by atoms with Crippen LogP contribution in [0.4, 0.5) is 5.82 Å². The molecule has 2 aromatic heterocycles. The van der Waals surface area contributed by atoms with Gasteiger partial charge in [-0.15, -0.1) is 11.3 Å². The van der Waals surface area contributed by atoms with Crippen LogP contribution in [-0.2, 0) is 17.8 Å². The van der Waals surface area contributed by atoms with Crippen LogP contribution in [0.2, 0.25) is 0 Å². The first-order valence-electron chi connectivity index (χ1n) is 8.92. The van der Waals surface area contributed by atoms with Gasteiger partial charge in [-0.2, -0.15) is 0 Å². The van der Waals surface area contributed by atoms with E-state index in [1.165, 1.54) is 22.2 Å². The topological polar surface area (TPSA) is 78.1 Å². The molecule has 1 aliphatic rings. The van der Waals surface area contributed by atoms with Crippen LogP contribution in [0.1, 0.15) is 41.1 Å². The summed E-state index contributed by atoms with van der Waals surface area (Å²) in [6.45, 7) is 4.86. The van der Waals surface area contributed by atoms with Crippen molar-refractivity contribution in [1.29, 1.82) is 0 Å². The van der Waals surface area contributed by atoms with Gasteiger partial charge in [0.1, 0.15) is 10.6 Å². The molecule has 0 saturated heterocycles. The molecule has 0 spiro atoms.